The van der Waals surface area contributed by atoms with Crippen molar-refractivity contribution in [1.29, 1.82) is 0 Å². The second-order valence-corrected chi connectivity index (χ2v) is 32.6. The topological polar surface area (TPSA) is 92.7 Å². The summed E-state index contributed by atoms with van der Waals surface area (Å²) in [4.78, 5) is 11.5. The molecular weight excluding hydrogens is 569 g/mol. The van der Waals surface area contributed by atoms with Crippen molar-refractivity contribution in [2.24, 2.45) is 0 Å². The Balaban J connectivity index is 4.74. The Morgan fingerprint density at radius 3 is 1.63 bits per heavy atom. The van der Waals surface area contributed by atoms with Crippen molar-refractivity contribution in [2.75, 3.05) is 13.2 Å². The first-order valence-corrected chi connectivity index (χ1v) is 28.6. The molecule has 0 saturated carbocycles. The second kappa shape index (κ2) is 15.9. The number of hydrogen-bond donors (Lipinski definition) is 1. The molecule has 0 aromatic rings. The van der Waals surface area contributed by atoms with Crippen molar-refractivity contribution in [3.8, 4) is 0 Å². The van der Waals surface area contributed by atoms with Crippen LogP contribution in [0.2, 0.25) is 77.6 Å². The number of carbonyl (C=O) groups excluding carboxylic acids is 1. The molecule has 0 aliphatic heterocycles. The molecule has 0 aliphatic carbocycles. The fraction of sp³-hybridized carbons (Fsp3) is 0.880. The third-order valence-electron chi connectivity index (χ3n) is 5.74. The van der Waals surface area contributed by atoms with Crippen molar-refractivity contribution in [1.82, 2.24) is 0 Å². The van der Waals surface area contributed by atoms with Crippen molar-refractivity contribution in [3.05, 3.63) is 12.2 Å². The first-order valence-electron chi connectivity index (χ1n) is 13.9. The number of aliphatic hydroxyl groups is 1. The molecule has 0 bridgehead atoms. The standard InChI is InChI=1S/C25H58O8Si5/c1-15-16-19-34(5,6)30-36(9,10)32-38(13,14)33-37(11,12)31-35(7,8)20-17-18-28-23(4)24(26)21-29-25(27)22(2)3/h23-24,26H,2,15-21H2,1,3-14H3. The highest BCUT2D eigenvalue weighted by Crippen LogP contribution is 2.28. The van der Waals surface area contributed by atoms with Crippen molar-refractivity contribution >= 4 is 48.3 Å². The number of unbranched alkanes of at least 4 members (excludes halogenated alkanes) is 1. The predicted octanol–water partition coefficient (Wildman–Crippen LogP) is 6.64. The molecule has 2 unspecified atom stereocenters. The van der Waals surface area contributed by atoms with Gasteiger partial charge in [0.15, 0.2) is 16.6 Å². The first kappa shape index (κ1) is 38.1. The van der Waals surface area contributed by atoms with Gasteiger partial charge in [0.1, 0.15) is 12.7 Å². The van der Waals surface area contributed by atoms with Crippen LogP contribution < -0.4 is 0 Å². The summed E-state index contributed by atoms with van der Waals surface area (Å²) in [6.45, 7) is 31.2. The zero-order valence-electron chi connectivity index (χ0n) is 26.6. The second-order valence-electron chi connectivity index (χ2n) is 12.9. The highest BCUT2D eigenvalue weighted by molar-refractivity contribution is 6.90. The van der Waals surface area contributed by atoms with Gasteiger partial charge in [0.2, 0.25) is 0 Å². The number of ether oxygens (including phenoxy) is 2. The Hall–Kier alpha value is 0.0544. The maximum Gasteiger partial charge on any atom is 0.333 e. The highest BCUT2D eigenvalue weighted by atomic mass is 28.5. The van der Waals surface area contributed by atoms with Gasteiger partial charge in [-0.3, -0.25) is 0 Å². The zero-order chi connectivity index (χ0) is 30.0. The van der Waals surface area contributed by atoms with Crippen molar-refractivity contribution < 1.29 is 35.8 Å². The largest absolute Gasteiger partial charge is 0.459 e. The van der Waals surface area contributed by atoms with Crippen LogP contribution in [-0.4, -0.2) is 78.8 Å². The molecule has 38 heavy (non-hydrogen) atoms. The summed E-state index contributed by atoms with van der Waals surface area (Å²) in [7, 11) is -11.0. The minimum absolute atomic E-state index is 0.113. The minimum atomic E-state index is -2.47. The smallest absolute Gasteiger partial charge is 0.333 e. The van der Waals surface area contributed by atoms with Crippen LogP contribution in [0.15, 0.2) is 12.2 Å². The van der Waals surface area contributed by atoms with Crippen LogP contribution in [0.1, 0.15) is 40.0 Å². The van der Waals surface area contributed by atoms with E-state index in [4.69, 9.17) is 25.9 Å². The van der Waals surface area contributed by atoms with Gasteiger partial charge >= 0.3 is 31.7 Å². The lowest BCUT2D eigenvalue weighted by atomic mass is 10.2. The van der Waals surface area contributed by atoms with E-state index in [0.29, 0.717) is 12.2 Å². The van der Waals surface area contributed by atoms with E-state index in [2.05, 4.69) is 79.0 Å². The normalized spacial score (nSPS) is 15.3. The molecule has 0 aromatic heterocycles. The summed E-state index contributed by atoms with van der Waals surface area (Å²) in [5.41, 5.74) is 0.304. The van der Waals surface area contributed by atoms with Crippen LogP contribution in [0.25, 0.3) is 0 Å². The van der Waals surface area contributed by atoms with Crippen molar-refractivity contribution in [2.45, 2.75) is 130 Å². The predicted molar refractivity (Wildman–Crippen MR) is 168 cm³/mol. The third-order valence-corrected chi connectivity index (χ3v) is 25.1. The summed E-state index contributed by atoms with van der Waals surface area (Å²) < 4.78 is 37.4. The Kier molecular flexibility index (Phi) is 15.9. The molecule has 8 nitrogen and oxygen atoms in total. The summed E-state index contributed by atoms with van der Waals surface area (Å²) in [6, 6.07) is 2.06. The maximum absolute atomic E-state index is 11.5. The van der Waals surface area contributed by atoms with E-state index in [-0.39, 0.29) is 6.61 Å². The average Bonchev–Trinajstić information content (AvgIpc) is 2.69. The molecule has 0 rings (SSSR count). The molecular formula is C25H58O8Si5. The number of carbonyl (C=O) groups is 1. The van der Waals surface area contributed by atoms with Gasteiger partial charge in [-0.2, -0.15) is 0 Å². The van der Waals surface area contributed by atoms with Gasteiger partial charge in [-0.05, 0) is 97.8 Å². The van der Waals surface area contributed by atoms with E-state index in [0.717, 1.165) is 18.5 Å². The van der Waals surface area contributed by atoms with E-state index in [1.165, 1.54) is 12.8 Å². The number of aliphatic hydroxyl groups excluding tert-OH is 1. The molecule has 0 amide bonds. The van der Waals surface area contributed by atoms with Gasteiger partial charge in [-0.1, -0.05) is 26.3 Å². The maximum atomic E-state index is 11.5. The lowest BCUT2D eigenvalue weighted by Gasteiger charge is -2.42. The van der Waals surface area contributed by atoms with E-state index in [1.54, 1.807) is 13.8 Å². The number of esters is 1. The molecule has 0 spiro atoms. The Bertz CT molecular complexity index is 743. The van der Waals surface area contributed by atoms with Crippen LogP contribution in [0, 0.1) is 0 Å². The highest BCUT2D eigenvalue weighted by Gasteiger charge is 2.45. The molecule has 0 heterocycles. The molecule has 2 atom stereocenters. The minimum Gasteiger partial charge on any atom is -0.459 e. The number of rotatable bonds is 20. The molecule has 0 saturated heterocycles. The van der Waals surface area contributed by atoms with Gasteiger partial charge in [0.25, 0.3) is 0 Å². The first-order chi connectivity index (χ1) is 17.0. The lowest BCUT2D eigenvalue weighted by molar-refractivity contribution is -0.145. The zero-order valence-corrected chi connectivity index (χ0v) is 31.6. The van der Waals surface area contributed by atoms with Crippen LogP contribution in [0.4, 0.5) is 0 Å². The molecule has 0 aliphatic rings. The van der Waals surface area contributed by atoms with Gasteiger partial charge in [-0.15, -0.1) is 0 Å². The summed E-state index contributed by atoms with van der Waals surface area (Å²) in [5, 5.41) is 10.2. The molecule has 0 aromatic carbocycles. The fourth-order valence-corrected chi connectivity index (χ4v) is 29.3. The van der Waals surface area contributed by atoms with E-state index in [1.807, 2.05) is 0 Å². The van der Waals surface area contributed by atoms with Gasteiger partial charge in [0, 0.05) is 12.2 Å². The van der Waals surface area contributed by atoms with Gasteiger partial charge in [-0.25, -0.2) is 4.79 Å². The molecule has 0 radical (unpaired) electrons. The Morgan fingerprint density at radius 1 is 0.789 bits per heavy atom. The van der Waals surface area contributed by atoms with Crippen LogP contribution in [-0.2, 0) is 30.7 Å². The van der Waals surface area contributed by atoms with E-state index < -0.39 is 60.5 Å². The molecule has 226 valence electrons. The Labute approximate surface area is 238 Å². The van der Waals surface area contributed by atoms with Gasteiger partial charge in [0.05, 0.1) is 6.10 Å². The van der Waals surface area contributed by atoms with Gasteiger partial charge < -0.3 is 31.0 Å². The lowest BCUT2D eigenvalue weighted by Crippen LogP contribution is -2.58. The average molecular weight is 627 g/mol. The van der Waals surface area contributed by atoms with Crippen LogP contribution in [0.3, 0.4) is 0 Å². The SMILES string of the molecule is C=C(C)C(=O)OCC(O)C(C)OCCC[Si](C)(C)O[Si](C)(C)O[Si](C)(C)O[Si](C)(C)O[Si](C)(C)CCCC. The van der Waals surface area contributed by atoms with E-state index >= 15 is 0 Å². The fourth-order valence-electron chi connectivity index (χ4n) is 4.58. The number of hydrogen-bond acceptors (Lipinski definition) is 8. The van der Waals surface area contributed by atoms with E-state index in [9.17, 15) is 9.90 Å². The Morgan fingerprint density at radius 2 is 1.21 bits per heavy atom. The van der Waals surface area contributed by atoms with Crippen molar-refractivity contribution in [3.63, 3.8) is 0 Å². The molecule has 0 fully saturated rings. The molecule has 1 N–H and O–H groups in total. The quantitative estimate of drug-likeness (QED) is 0.0696. The monoisotopic (exact) mass is 626 g/mol. The van der Waals surface area contributed by atoms with Crippen LogP contribution in [0.5, 0.6) is 0 Å². The summed E-state index contributed by atoms with van der Waals surface area (Å²) >= 11 is 0. The molecule has 13 heteroatoms. The summed E-state index contributed by atoms with van der Waals surface area (Å²) in [5.74, 6) is -0.511. The van der Waals surface area contributed by atoms with Crippen LogP contribution >= 0.6 is 0 Å². The summed E-state index contributed by atoms with van der Waals surface area (Å²) in [6.07, 6.45) is 1.87. The third kappa shape index (κ3) is 17.7.